The summed E-state index contributed by atoms with van der Waals surface area (Å²) in [4.78, 5) is 11.6. The highest BCUT2D eigenvalue weighted by atomic mass is 16.5. The van der Waals surface area contributed by atoms with E-state index in [1.807, 2.05) is 0 Å². The molecule has 0 saturated heterocycles. The van der Waals surface area contributed by atoms with Gasteiger partial charge in [-0.1, -0.05) is 19.3 Å². The fraction of sp³-hybridized carbons (Fsp3) is 0.917. The van der Waals surface area contributed by atoms with Crippen LogP contribution in [0.1, 0.15) is 38.5 Å². The lowest BCUT2D eigenvalue weighted by atomic mass is 9.87. The van der Waals surface area contributed by atoms with Gasteiger partial charge in [-0.3, -0.25) is 4.79 Å². The summed E-state index contributed by atoms with van der Waals surface area (Å²) in [6, 6.07) is 0. The molecule has 94 valence electrons. The second-order valence-corrected chi connectivity index (χ2v) is 4.46. The first-order chi connectivity index (χ1) is 7.83. The minimum absolute atomic E-state index is 0.170. The number of rotatable bonds is 7. The summed E-state index contributed by atoms with van der Waals surface area (Å²) in [6.45, 7) is 2.27. The van der Waals surface area contributed by atoms with Crippen LogP contribution in [0.3, 0.4) is 0 Å². The average Bonchev–Trinajstić information content (AvgIpc) is 2.30. The molecule has 0 aromatic carbocycles. The number of hydrogen-bond donors (Lipinski definition) is 2. The van der Waals surface area contributed by atoms with Crippen molar-refractivity contribution < 1.29 is 9.53 Å². The highest BCUT2D eigenvalue weighted by Crippen LogP contribution is 2.25. The Balaban J connectivity index is 1.97. The molecule has 0 radical (unpaired) electrons. The largest absolute Gasteiger partial charge is 0.378 e. The minimum atomic E-state index is 0.170. The zero-order valence-corrected chi connectivity index (χ0v) is 10.0. The zero-order chi connectivity index (χ0) is 11.6. The maximum Gasteiger partial charge on any atom is 0.220 e. The molecule has 1 saturated carbocycles. The lowest BCUT2D eigenvalue weighted by Gasteiger charge is -2.20. The second kappa shape index (κ2) is 8.53. The molecule has 16 heavy (non-hydrogen) atoms. The number of nitrogens with one attached hydrogen (secondary N) is 1. The Morgan fingerprint density at radius 1 is 1.25 bits per heavy atom. The first-order valence-corrected chi connectivity index (χ1v) is 6.37. The van der Waals surface area contributed by atoms with Crippen molar-refractivity contribution in [3.63, 3.8) is 0 Å². The monoisotopic (exact) mass is 228 g/mol. The van der Waals surface area contributed by atoms with Crippen LogP contribution in [-0.4, -0.2) is 32.2 Å². The van der Waals surface area contributed by atoms with Gasteiger partial charge in [0, 0.05) is 19.5 Å². The topological polar surface area (TPSA) is 64.3 Å². The van der Waals surface area contributed by atoms with E-state index in [0.29, 0.717) is 38.6 Å². The average molecular weight is 228 g/mol. The SMILES string of the molecule is NCCOCCNC(=O)CC1CCCCC1. The molecule has 0 atom stereocenters. The molecule has 0 aliphatic heterocycles. The fourth-order valence-electron chi connectivity index (χ4n) is 2.17. The first kappa shape index (κ1) is 13.5. The van der Waals surface area contributed by atoms with E-state index in [1.165, 1.54) is 32.1 Å². The highest BCUT2D eigenvalue weighted by Gasteiger charge is 2.16. The number of carbonyl (C=O) groups excluding carboxylic acids is 1. The Bertz CT molecular complexity index is 191. The Morgan fingerprint density at radius 3 is 2.69 bits per heavy atom. The Morgan fingerprint density at radius 2 is 2.00 bits per heavy atom. The Labute approximate surface area is 97.9 Å². The number of hydrogen-bond acceptors (Lipinski definition) is 3. The highest BCUT2D eigenvalue weighted by molar-refractivity contribution is 5.76. The molecule has 1 rings (SSSR count). The summed E-state index contributed by atoms with van der Waals surface area (Å²) in [6.07, 6.45) is 7.05. The predicted molar refractivity (Wildman–Crippen MR) is 64.1 cm³/mol. The van der Waals surface area contributed by atoms with Crippen LogP contribution in [-0.2, 0) is 9.53 Å². The van der Waals surface area contributed by atoms with Gasteiger partial charge < -0.3 is 15.8 Å². The standard InChI is InChI=1S/C12H24N2O2/c13-6-8-16-9-7-14-12(15)10-11-4-2-1-3-5-11/h11H,1-10,13H2,(H,14,15). The summed E-state index contributed by atoms with van der Waals surface area (Å²) >= 11 is 0. The third-order valence-corrected chi connectivity index (χ3v) is 3.03. The molecule has 1 amide bonds. The molecular formula is C12H24N2O2. The zero-order valence-electron chi connectivity index (χ0n) is 10.0. The van der Waals surface area contributed by atoms with Gasteiger partial charge in [0.05, 0.1) is 13.2 Å². The summed E-state index contributed by atoms with van der Waals surface area (Å²) < 4.78 is 5.18. The van der Waals surface area contributed by atoms with Crippen LogP contribution in [0.2, 0.25) is 0 Å². The summed E-state index contributed by atoms with van der Waals surface area (Å²) in [5.41, 5.74) is 5.28. The van der Waals surface area contributed by atoms with Gasteiger partial charge >= 0.3 is 0 Å². The van der Waals surface area contributed by atoms with Crippen LogP contribution in [0, 0.1) is 5.92 Å². The smallest absolute Gasteiger partial charge is 0.220 e. The van der Waals surface area contributed by atoms with Crippen molar-refractivity contribution in [2.45, 2.75) is 38.5 Å². The predicted octanol–water partition coefficient (Wildman–Crippen LogP) is 1.05. The first-order valence-electron chi connectivity index (χ1n) is 6.37. The summed E-state index contributed by atoms with van der Waals surface area (Å²) in [5.74, 6) is 0.780. The van der Waals surface area contributed by atoms with Crippen molar-refractivity contribution in [2.24, 2.45) is 11.7 Å². The van der Waals surface area contributed by atoms with Crippen LogP contribution in [0.4, 0.5) is 0 Å². The fourth-order valence-corrected chi connectivity index (χ4v) is 2.17. The van der Waals surface area contributed by atoms with Crippen molar-refractivity contribution in [3.8, 4) is 0 Å². The van der Waals surface area contributed by atoms with Crippen LogP contribution < -0.4 is 11.1 Å². The van der Waals surface area contributed by atoms with Crippen LogP contribution in [0.5, 0.6) is 0 Å². The molecule has 0 spiro atoms. The van der Waals surface area contributed by atoms with Crippen LogP contribution in [0.25, 0.3) is 0 Å². The molecule has 4 heteroatoms. The van der Waals surface area contributed by atoms with E-state index < -0.39 is 0 Å². The molecule has 1 fully saturated rings. The molecule has 0 bridgehead atoms. The molecule has 1 aliphatic rings. The minimum Gasteiger partial charge on any atom is -0.378 e. The van der Waals surface area contributed by atoms with Gasteiger partial charge in [-0.2, -0.15) is 0 Å². The quantitative estimate of drug-likeness (QED) is 0.640. The normalized spacial score (nSPS) is 17.3. The van der Waals surface area contributed by atoms with Gasteiger partial charge in [0.1, 0.15) is 0 Å². The third-order valence-electron chi connectivity index (χ3n) is 3.03. The van der Waals surface area contributed by atoms with E-state index in [9.17, 15) is 4.79 Å². The van der Waals surface area contributed by atoms with E-state index in [-0.39, 0.29) is 5.91 Å². The molecular weight excluding hydrogens is 204 g/mol. The lowest BCUT2D eigenvalue weighted by molar-refractivity contribution is -0.122. The molecule has 4 nitrogen and oxygen atoms in total. The van der Waals surface area contributed by atoms with E-state index in [4.69, 9.17) is 10.5 Å². The van der Waals surface area contributed by atoms with E-state index in [1.54, 1.807) is 0 Å². The van der Waals surface area contributed by atoms with Crippen LogP contribution in [0.15, 0.2) is 0 Å². The molecule has 3 N–H and O–H groups in total. The van der Waals surface area contributed by atoms with Crippen molar-refractivity contribution >= 4 is 5.91 Å². The molecule has 1 aliphatic carbocycles. The number of amides is 1. The molecule has 0 aromatic heterocycles. The lowest BCUT2D eigenvalue weighted by Crippen LogP contribution is -2.29. The van der Waals surface area contributed by atoms with E-state index in [2.05, 4.69) is 5.32 Å². The molecule has 0 aromatic rings. The van der Waals surface area contributed by atoms with E-state index in [0.717, 1.165) is 0 Å². The Kier molecular flexibility index (Phi) is 7.17. The van der Waals surface area contributed by atoms with Crippen molar-refractivity contribution in [1.29, 1.82) is 0 Å². The number of nitrogens with two attached hydrogens (primary N) is 1. The van der Waals surface area contributed by atoms with Crippen molar-refractivity contribution in [1.82, 2.24) is 5.32 Å². The van der Waals surface area contributed by atoms with Gasteiger partial charge in [-0.15, -0.1) is 0 Å². The van der Waals surface area contributed by atoms with E-state index >= 15 is 0 Å². The second-order valence-electron chi connectivity index (χ2n) is 4.46. The maximum absolute atomic E-state index is 11.6. The number of carbonyl (C=O) groups is 1. The summed E-state index contributed by atoms with van der Waals surface area (Å²) in [7, 11) is 0. The van der Waals surface area contributed by atoms with Crippen molar-refractivity contribution in [3.05, 3.63) is 0 Å². The van der Waals surface area contributed by atoms with Gasteiger partial charge in [-0.05, 0) is 18.8 Å². The van der Waals surface area contributed by atoms with Gasteiger partial charge in [0.15, 0.2) is 0 Å². The summed E-state index contributed by atoms with van der Waals surface area (Å²) in [5, 5.41) is 2.88. The van der Waals surface area contributed by atoms with Gasteiger partial charge in [-0.25, -0.2) is 0 Å². The van der Waals surface area contributed by atoms with Crippen molar-refractivity contribution in [2.75, 3.05) is 26.3 Å². The third kappa shape index (κ3) is 6.08. The number of ether oxygens (including phenoxy) is 1. The molecule has 0 unspecified atom stereocenters. The molecule has 0 heterocycles. The maximum atomic E-state index is 11.6. The van der Waals surface area contributed by atoms with Crippen LogP contribution >= 0.6 is 0 Å². The van der Waals surface area contributed by atoms with Gasteiger partial charge in [0.2, 0.25) is 5.91 Å². The Hall–Kier alpha value is -0.610. The van der Waals surface area contributed by atoms with Gasteiger partial charge in [0.25, 0.3) is 0 Å².